The minimum absolute atomic E-state index is 0.684. The van der Waals surface area contributed by atoms with E-state index in [2.05, 4.69) is 26.7 Å². The molecule has 3 aliphatic rings. The van der Waals surface area contributed by atoms with Crippen molar-refractivity contribution in [2.24, 2.45) is 18.9 Å². The first-order chi connectivity index (χ1) is 9.81. The van der Waals surface area contributed by atoms with Gasteiger partial charge in [-0.05, 0) is 44.1 Å². The minimum Gasteiger partial charge on any atom is -0.381 e. The third-order valence-electron chi connectivity index (χ3n) is 5.25. The van der Waals surface area contributed by atoms with E-state index in [4.69, 9.17) is 4.74 Å². The van der Waals surface area contributed by atoms with Crippen molar-refractivity contribution >= 4 is 0 Å². The maximum Gasteiger partial charge on any atom is 0.146 e. The molecule has 0 amide bonds. The van der Waals surface area contributed by atoms with Crippen LogP contribution in [-0.2, 0) is 18.3 Å². The highest BCUT2D eigenvalue weighted by molar-refractivity contribution is 5.07. The maximum atomic E-state index is 5.53. The Kier molecular flexibility index (Phi) is 3.27. The van der Waals surface area contributed by atoms with Crippen LogP contribution < -0.4 is 0 Å². The fourth-order valence-corrected chi connectivity index (χ4v) is 3.73. The van der Waals surface area contributed by atoms with E-state index in [-0.39, 0.29) is 0 Å². The van der Waals surface area contributed by atoms with Crippen LogP contribution in [0.25, 0.3) is 0 Å². The molecule has 2 atom stereocenters. The second-order valence-electron chi connectivity index (χ2n) is 6.72. The monoisotopic (exact) mass is 276 g/mol. The second-order valence-corrected chi connectivity index (χ2v) is 6.72. The summed E-state index contributed by atoms with van der Waals surface area (Å²) >= 11 is 0. The van der Waals surface area contributed by atoms with Gasteiger partial charge in [-0.2, -0.15) is 0 Å². The van der Waals surface area contributed by atoms with E-state index in [0.717, 1.165) is 37.4 Å². The van der Waals surface area contributed by atoms with Gasteiger partial charge >= 0.3 is 0 Å². The lowest BCUT2D eigenvalue weighted by molar-refractivity contribution is 0.171. The van der Waals surface area contributed by atoms with E-state index >= 15 is 0 Å². The molecule has 5 heteroatoms. The van der Waals surface area contributed by atoms with E-state index in [1.807, 2.05) is 0 Å². The Morgan fingerprint density at radius 1 is 1.15 bits per heavy atom. The summed E-state index contributed by atoms with van der Waals surface area (Å²) in [4.78, 5) is 2.55. The quantitative estimate of drug-likeness (QED) is 0.837. The third-order valence-corrected chi connectivity index (χ3v) is 5.25. The molecule has 3 heterocycles. The lowest BCUT2D eigenvalue weighted by Gasteiger charge is -2.18. The lowest BCUT2D eigenvalue weighted by atomic mass is 9.91. The van der Waals surface area contributed by atoms with Crippen LogP contribution in [0.5, 0.6) is 0 Å². The zero-order valence-electron chi connectivity index (χ0n) is 12.3. The highest BCUT2D eigenvalue weighted by Gasteiger charge is 2.33. The number of aromatic nitrogens is 3. The van der Waals surface area contributed by atoms with Crippen molar-refractivity contribution in [3.8, 4) is 0 Å². The fraction of sp³-hybridized carbons (Fsp3) is 0.867. The van der Waals surface area contributed by atoms with Gasteiger partial charge < -0.3 is 9.30 Å². The molecule has 2 saturated heterocycles. The number of nitrogens with zero attached hydrogens (tertiary/aromatic N) is 4. The van der Waals surface area contributed by atoms with Crippen LogP contribution in [0.15, 0.2) is 0 Å². The van der Waals surface area contributed by atoms with E-state index in [1.165, 1.54) is 44.6 Å². The molecule has 5 nitrogen and oxygen atoms in total. The van der Waals surface area contributed by atoms with Crippen LogP contribution in [0, 0.1) is 11.8 Å². The van der Waals surface area contributed by atoms with Gasteiger partial charge in [-0.25, -0.2) is 0 Å². The Morgan fingerprint density at radius 2 is 2.05 bits per heavy atom. The summed E-state index contributed by atoms with van der Waals surface area (Å²) in [5.41, 5.74) is 0. The van der Waals surface area contributed by atoms with Crippen molar-refractivity contribution in [3.05, 3.63) is 11.6 Å². The summed E-state index contributed by atoms with van der Waals surface area (Å²) < 4.78 is 7.76. The van der Waals surface area contributed by atoms with Crippen LogP contribution in [0.4, 0.5) is 0 Å². The van der Waals surface area contributed by atoms with E-state index in [9.17, 15) is 0 Å². The van der Waals surface area contributed by atoms with Crippen molar-refractivity contribution in [1.82, 2.24) is 19.7 Å². The lowest BCUT2D eigenvalue weighted by Crippen LogP contribution is -2.24. The van der Waals surface area contributed by atoms with Gasteiger partial charge in [-0.3, -0.25) is 4.90 Å². The van der Waals surface area contributed by atoms with Crippen molar-refractivity contribution in [2.45, 2.75) is 38.1 Å². The van der Waals surface area contributed by atoms with Gasteiger partial charge in [-0.1, -0.05) is 0 Å². The Hall–Kier alpha value is -0.940. The smallest absolute Gasteiger partial charge is 0.146 e. The summed E-state index contributed by atoms with van der Waals surface area (Å²) in [6, 6.07) is 0. The topological polar surface area (TPSA) is 43.2 Å². The van der Waals surface area contributed by atoms with Gasteiger partial charge in [0, 0.05) is 32.7 Å². The molecule has 0 N–H and O–H groups in total. The zero-order chi connectivity index (χ0) is 13.5. The van der Waals surface area contributed by atoms with E-state index < -0.39 is 0 Å². The van der Waals surface area contributed by atoms with Gasteiger partial charge in [0.25, 0.3) is 0 Å². The molecule has 1 aliphatic carbocycles. The van der Waals surface area contributed by atoms with Crippen LogP contribution in [0.2, 0.25) is 0 Å². The first kappa shape index (κ1) is 12.8. The third kappa shape index (κ3) is 2.37. The predicted octanol–water partition coefficient (Wildman–Crippen LogP) is 1.55. The molecule has 20 heavy (non-hydrogen) atoms. The normalized spacial score (nSPS) is 31.2. The van der Waals surface area contributed by atoms with Crippen LogP contribution in [-0.4, -0.2) is 46.0 Å². The molecule has 2 aliphatic heterocycles. The molecule has 0 bridgehead atoms. The first-order valence-electron chi connectivity index (χ1n) is 7.99. The van der Waals surface area contributed by atoms with Crippen molar-refractivity contribution in [1.29, 1.82) is 0 Å². The molecule has 1 saturated carbocycles. The molecule has 0 aromatic carbocycles. The molecule has 1 aromatic heterocycles. The Bertz CT molecular complexity index is 476. The highest BCUT2D eigenvalue weighted by Crippen LogP contribution is 2.39. The van der Waals surface area contributed by atoms with Gasteiger partial charge in [0.1, 0.15) is 11.6 Å². The number of rotatable bonds is 4. The SMILES string of the molecule is Cn1c(CN2CCC(C3CCOC3)C2)nnc1C1CC1. The molecule has 0 spiro atoms. The average Bonchev–Trinajstić information content (AvgIpc) is 2.89. The van der Waals surface area contributed by atoms with Crippen molar-refractivity contribution < 1.29 is 4.74 Å². The number of hydrogen-bond donors (Lipinski definition) is 0. The fourth-order valence-electron chi connectivity index (χ4n) is 3.73. The second kappa shape index (κ2) is 5.11. The van der Waals surface area contributed by atoms with E-state index in [0.29, 0.717) is 5.92 Å². The number of ether oxygens (including phenoxy) is 1. The summed E-state index contributed by atoms with van der Waals surface area (Å²) in [5, 5.41) is 8.79. The summed E-state index contributed by atoms with van der Waals surface area (Å²) in [6.45, 7) is 5.32. The van der Waals surface area contributed by atoms with E-state index in [1.54, 1.807) is 0 Å². The average molecular weight is 276 g/mol. The summed E-state index contributed by atoms with van der Waals surface area (Å²) in [6.07, 6.45) is 5.16. The van der Waals surface area contributed by atoms with Gasteiger partial charge in [0.2, 0.25) is 0 Å². The Balaban J connectivity index is 1.37. The summed E-state index contributed by atoms with van der Waals surface area (Å²) in [5.74, 6) is 4.63. The highest BCUT2D eigenvalue weighted by atomic mass is 16.5. The predicted molar refractivity (Wildman–Crippen MR) is 75.3 cm³/mol. The van der Waals surface area contributed by atoms with Gasteiger partial charge in [-0.15, -0.1) is 10.2 Å². The molecule has 0 radical (unpaired) electrons. The summed E-state index contributed by atoms with van der Waals surface area (Å²) in [7, 11) is 2.13. The molecular formula is C15H24N4O. The van der Waals surface area contributed by atoms with Gasteiger partial charge in [0.05, 0.1) is 6.54 Å². The van der Waals surface area contributed by atoms with Gasteiger partial charge in [0.15, 0.2) is 0 Å². The number of likely N-dealkylation sites (tertiary alicyclic amines) is 1. The molecule has 110 valence electrons. The molecule has 4 rings (SSSR count). The van der Waals surface area contributed by atoms with Crippen LogP contribution >= 0.6 is 0 Å². The first-order valence-corrected chi connectivity index (χ1v) is 7.99. The molecule has 3 fully saturated rings. The Labute approximate surface area is 120 Å². The standard InChI is InChI=1S/C15H24N4O/c1-18-14(16-17-15(18)11-2-3-11)9-19-6-4-12(8-19)13-5-7-20-10-13/h11-13H,2-10H2,1H3. The maximum absolute atomic E-state index is 5.53. The number of hydrogen-bond acceptors (Lipinski definition) is 4. The van der Waals surface area contributed by atoms with Crippen LogP contribution in [0.3, 0.4) is 0 Å². The van der Waals surface area contributed by atoms with Crippen LogP contribution in [0.1, 0.15) is 43.3 Å². The largest absolute Gasteiger partial charge is 0.381 e. The minimum atomic E-state index is 0.684. The zero-order valence-corrected chi connectivity index (χ0v) is 12.3. The Morgan fingerprint density at radius 3 is 2.80 bits per heavy atom. The molecule has 2 unspecified atom stereocenters. The molecule has 1 aromatic rings. The van der Waals surface area contributed by atoms with Crippen molar-refractivity contribution in [3.63, 3.8) is 0 Å². The molecular weight excluding hydrogens is 252 g/mol. The van der Waals surface area contributed by atoms with Crippen molar-refractivity contribution in [2.75, 3.05) is 26.3 Å².